The molecule has 38 heavy (non-hydrogen) atoms. The van der Waals surface area contributed by atoms with Gasteiger partial charge in [-0.25, -0.2) is 4.98 Å². The van der Waals surface area contributed by atoms with Crippen LogP contribution in [0.15, 0.2) is 97.5 Å². The molecule has 0 bridgehead atoms. The molecule has 0 spiro atoms. The fourth-order valence-electron chi connectivity index (χ4n) is 5.79. The highest BCUT2D eigenvalue weighted by Gasteiger charge is 2.23. The molecule has 1 N–H and O–H groups in total. The maximum atomic E-state index is 6.05. The molecule has 0 saturated carbocycles. The van der Waals surface area contributed by atoms with Crippen LogP contribution in [0.25, 0.3) is 32.4 Å². The van der Waals surface area contributed by atoms with Gasteiger partial charge in [0.15, 0.2) is 0 Å². The van der Waals surface area contributed by atoms with Crippen LogP contribution in [-0.4, -0.2) is 21.1 Å². The first-order valence-corrected chi connectivity index (χ1v) is 13.6. The number of H-pyrrole nitrogens is 1. The molecule has 0 radical (unpaired) electrons. The molecule has 0 amide bonds. The van der Waals surface area contributed by atoms with E-state index in [1.165, 1.54) is 50.9 Å². The Morgan fingerprint density at radius 1 is 0.816 bits per heavy atom. The van der Waals surface area contributed by atoms with E-state index >= 15 is 0 Å². The zero-order valence-electron chi connectivity index (χ0n) is 22.0. The minimum Gasteiger partial charge on any atom is -0.490 e. The summed E-state index contributed by atoms with van der Waals surface area (Å²) >= 11 is 0. The Labute approximate surface area is 223 Å². The van der Waals surface area contributed by atoms with E-state index in [1.54, 1.807) is 0 Å². The molecule has 2 heterocycles. The maximum Gasteiger partial charge on any atom is 0.127 e. The second kappa shape index (κ2) is 10.7. The molecule has 1 unspecified atom stereocenters. The molecule has 2 aromatic heterocycles. The van der Waals surface area contributed by atoms with Crippen LogP contribution in [0.2, 0.25) is 0 Å². The summed E-state index contributed by atoms with van der Waals surface area (Å²) in [7, 11) is 0. The smallest absolute Gasteiger partial charge is 0.127 e. The predicted octanol–water partition coefficient (Wildman–Crippen LogP) is 8.40. The quantitative estimate of drug-likeness (QED) is 0.248. The van der Waals surface area contributed by atoms with Gasteiger partial charge in [0, 0.05) is 35.8 Å². The largest absolute Gasteiger partial charge is 0.490 e. The van der Waals surface area contributed by atoms with Gasteiger partial charge < -0.3 is 9.72 Å². The van der Waals surface area contributed by atoms with Crippen molar-refractivity contribution < 1.29 is 4.74 Å². The number of ether oxygens (including phenoxy) is 1. The summed E-state index contributed by atoms with van der Waals surface area (Å²) in [5.74, 6) is 2.61. The number of imidazole rings is 1. The minimum absolute atomic E-state index is 0.173. The summed E-state index contributed by atoms with van der Waals surface area (Å²) in [5.41, 5.74) is 4.09. The lowest BCUT2D eigenvalue weighted by Crippen LogP contribution is -2.13. The number of aromatic amines is 1. The van der Waals surface area contributed by atoms with Crippen LogP contribution in [0.5, 0.6) is 5.75 Å². The van der Waals surface area contributed by atoms with Gasteiger partial charge in [-0.15, -0.1) is 0 Å². The molecule has 4 aromatic carbocycles. The molecule has 0 aliphatic heterocycles. The third-order valence-corrected chi connectivity index (χ3v) is 7.45. The number of hydrogen-bond acceptors (Lipinski definition) is 3. The van der Waals surface area contributed by atoms with Crippen LogP contribution in [0.1, 0.15) is 49.6 Å². The number of hydrogen-bond donors (Lipinski definition) is 1. The average molecular weight is 500 g/mol. The van der Waals surface area contributed by atoms with Crippen LogP contribution >= 0.6 is 0 Å². The Balaban J connectivity index is 0.000000221. The van der Waals surface area contributed by atoms with Crippen molar-refractivity contribution in [2.24, 2.45) is 0 Å². The van der Waals surface area contributed by atoms with E-state index in [-0.39, 0.29) is 6.10 Å². The number of rotatable bonds is 4. The molecule has 190 valence electrons. The fourth-order valence-corrected chi connectivity index (χ4v) is 5.79. The lowest BCUT2D eigenvalue weighted by molar-refractivity contribution is 0.245. The molecule has 6 aromatic rings. The van der Waals surface area contributed by atoms with E-state index in [1.807, 2.05) is 42.9 Å². The molecule has 1 aliphatic rings. The van der Waals surface area contributed by atoms with E-state index in [4.69, 9.17) is 4.74 Å². The number of para-hydroxylation sites is 1. The Bertz CT molecular complexity index is 1620. The van der Waals surface area contributed by atoms with Gasteiger partial charge in [-0.1, -0.05) is 60.7 Å². The predicted molar refractivity (Wildman–Crippen MR) is 157 cm³/mol. The second-order valence-corrected chi connectivity index (χ2v) is 10.3. The van der Waals surface area contributed by atoms with Gasteiger partial charge in [0.2, 0.25) is 0 Å². The third kappa shape index (κ3) is 4.87. The standard InChI is InChI=1S/C25H26N2O.C9H7N/c1-16(2)28-24-8-4-7-20-22-10-9-18-17(15-25-26-13-14-27-25)5-3-6-19(18)21(22)11-12-23(20)24;1-2-6-9-8(4-1)5-3-7-10-9/h4,7-14,16-17H,3,5-6,15H2,1-2H3,(H,26,27);1-7H. The zero-order valence-corrected chi connectivity index (χ0v) is 22.0. The molecular formula is C34H33N3O. The van der Waals surface area contributed by atoms with Crippen molar-refractivity contribution in [1.29, 1.82) is 0 Å². The second-order valence-electron chi connectivity index (χ2n) is 10.3. The Morgan fingerprint density at radius 2 is 1.63 bits per heavy atom. The highest BCUT2D eigenvalue weighted by Crippen LogP contribution is 2.40. The number of fused-ring (bicyclic) bond motifs is 6. The summed E-state index contributed by atoms with van der Waals surface area (Å²) in [6, 6.07) is 27.7. The molecule has 1 atom stereocenters. The van der Waals surface area contributed by atoms with Crippen LogP contribution < -0.4 is 4.74 Å². The number of nitrogens with zero attached hydrogens (tertiary/aromatic N) is 2. The molecular weight excluding hydrogens is 466 g/mol. The Morgan fingerprint density at radius 3 is 2.47 bits per heavy atom. The van der Waals surface area contributed by atoms with E-state index in [2.05, 4.69) is 83.4 Å². The van der Waals surface area contributed by atoms with Gasteiger partial charge in [0.25, 0.3) is 0 Å². The highest BCUT2D eigenvalue weighted by atomic mass is 16.5. The highest BCUT2D eigenvalue weighted by molar-refractivity contribution is 6.10. The summed E-state index contributed by atoms with van der Waals surface area (Å²) < 4.78 is 6.05. The van der Waals surface area contributed by atoms with Crippen molar-refractivity contribution >= 4 is 32.4 Å². The summed E-state index contributed by atoms with van der Waals surface area (Å²) in [4.78, 5) is 11.9. The van der Waals surface area contributed by atoms with Crippen molar-refractivity contribution in [3.05, 3.63) is 114 Å². The van der Waals surface area contributed by atoms with Crippen molar-refractivity contribution in [3.8, 4) is 5.75 Å². The first-order chi connectivity index (χ1) is 18.7. The number of pyridine rings is 1. The van der Waals surface area contributed by atoms with Gasteiger partial charge in [-0.2, -0.15) is 0 Å². The Hall–Kier alpha value is -4.18. The number of benzene rings is 4. The zero-order chi connectivity index (χ0) is 25.9. The maximum absolute atomic E-state index is 6.05. The number of aromatic nitrogens is 3. The molecule has 7 rings (SSSR count). The summed E-state index contributed by atoms with van der Waals surface area (Å²) in [5, 5.41) is 6.42. The lowest BCUT2D eigenvalue weighted by atomic mass is 9.78. The van der Waals surface area contributed by atoms with Gasteiger partial charge >= 0.3 is 0 Å². The molecule has 4 nitrogen and oxygen atoms in total. The van der Waals surface area contributed by atoms with Crippen molar-refractivity contribution in [2.75, 3.05) is 0 Å². The van der Waals surface area contributed by atoms with Crippen LogP contribution in [0.4, 0.5) is 0 Å². The van der Waals surface area contributed by atoms with E-state index in [0.717, 1.165) is 29.9 Å². The first-order valence-electron chi connectivity index (χ1n) is 13.6. The van der Waals surface area contributed by atoms with Crippen molar-refractivity contribution in [2.45, 2.75) is 51.6 Å². The Kier molecular flexibility index (Phi) is 6.78. The van der Waals surface area contributed by atoms with E-state index in [0.29, 0.717) is 5.92 Å². The van der Waals surface area contributed by atoms with Crippen molar-refractivity contribution in [1.82, 2.24) is 15.0 Å². The van der Waals surface area contributed by atoms with Gasteiger partial charge in [-0.05, 0) is 84.5 Å². The van der Waals surface area contributed by atoms with Gasteiger partial charge in [0.05, 0.1) is 11.6 Å². The van der Waals surface area contributed by atoms with Crippen LogP contribution in [0, 0.1) is 0 Å². The SMILES string of the molecule is CC(C)Oc1cccc2c1ccc1c3c(ccc12)C(Cc1ncc[nH]1)CCC3.c1ccc2ncccc2c1. The monoisotopic (exact) mass is 499 g/mol. The number of nitrogens with one attached hydrogen (secondary N) is 1. The van der Waals surface area contributed by atoms with Gasteiger partial charge in [0.1, 0.15) is 11.6 Å². The van der Waals surface area contributed by atoms with Crippen LogP contribution in [0.3, 0.4) is 0 Å². The van der Waals surface area contributed by atoms with Crippen LogP contribution in [-0.2, 0) is 12.8 Å². The normalized spacial score (nSPS) is 14.9. The average Bonchev–Trinajstić information content (AvgIpc) is 3.46. The molecule has 1 aliphatic carbocycles. The third-order valence-electron chi connectivity index (χ3n) is 7.45. The first kappa shape index (κ1) is 24.2. The molecule has 0 saturated heterocycles. The molecule has 4 heteroatoms. The molecule has 0 fully saturated rings. The van der Waals surface area contributed by atoms with Crippen molar-refractivity contribution in [3.63, 3.8) is 0 Å². The lowest BCUT2D eigenvalue weighted by Gasteiger charge is -2.27. The fraction of sp³-hybridized carbons (Fsp3) is 0.235. The topological polar surface area (TPSA) is 50.8 Å². The van der Waals surface area contributed by atoms with E-state index in [9.17, 15) is 0 Å². The van der Waals surface area contributed by atoms with E-state index < -0.39 is 0 Å². The minimum atomic E-state index is 0.173. The summed E-state index contributed by atoms with van der Waals surface area (Å²) in [6.45, 7) is 4.16. The summed E-state index contributed by atoms with van der Waals surface area (Å²) in [6.07, 6.45) is 10.4. The number of aryl methyl sites for hydroxylation is 1. The van der Waals surface area contributed by atoms with Gasteiger partial charge in [-0.3, -0.25) is 4.98 Å².